The van der Waals surface area contributed by atoms with Crippen molar-refractivity contribution in [1.82, 2.24) is 14.8 Å². The van der Waals surface area contributed by atoms with Crippen LogP contribution in [-0.2, 0) is 16.4 Å². The van der Waals surface area contributed by atoms with Crippen LogP contribution in [-0.4, -0.2) is 42.3 Å². The fraction of sp³-hybridized carbons (Fsp3) is 0.143. The Balaban J connectivity index is 2.00. The van der Waals surface area contributed by atoms with Gasteiger partial charge in [0.25, 0.3) is 5.69 Å². The van der Waals surface area contributed by atoms with Gasteiger partial charge < -0.3 is 9.47 Å². The van der Waals surface area contributed by atoms with E-state index >= 15 is 0 Å². The first-order valence-corrected chi connectivity index (χ1v) is 11.1. The van der Waals surface area contributed by atoms with Crippen LogP contribution in [0.3, 0.4) is 0 Å². The summed E-state index contributed by atoms with van der Waals surface area (Å²) in [5.41, 5.74) is 1.67. The van der Waals surface area contributed by atoms with Gasteiger partial charge in [0.1, 0.15) is 27.4 Å². The number of aromatic nitrogens is 3. The lowest BCUT2D eigenvalue weighted by molar-refractivity contribution is -0.385. The number of nitro groups is 1. The normalized spacial score (nSPS) is 11.5. The number of non-ortho nitro benzene ring substituents is 1. The zero-order chi connectivity index (χ0) is 23.8. The fourth-order valence-corrected chi connectivity index (χ4v) is 4.32. The van der Waals surface area contributed by atoms with E-state index in [9.17, 15) is 18.5 Å². The highest BCUT2D eigenvalue weighted by atomic mass is 32.2. The van der Waals surface area contributed by atoms with Crippen molar-refractivity contribution >= 4 is 26.7 Å². The summed E-state index contributed by atoms with van der Waals surface area (Å²) in [5, 5.41) is 21.5. The molecule has 4 rings (SSSR count). The van der Waals surface area contributed by atoms with Crippen LogP contribution in [0.4, 0.5) is 5.69 Å². The van der Waals surface area contributed by atoms with Crippen LogP contribution in [0.5, 0.6) is 11.5 Å². The average molecular weight is 469 g/mol. The van der Waals surface area contributed by atoms with Crippen LogP contribution in [0.2, 0.25) is 0 Å². The third-order valence-corrected chi connectivity index (χ3v) is 5.96. The number of primary sulfonamides is 1. The minimum absolute atomic E-state index is 0.0936. The lowest BCUT2D eigenvalue weighted by Gasteiger charge is -2.16. The van der Waals surface area contributed by atoms with Crippen LogP contribution in [0, 0.1) is 10.1 Å². The highest BCUT2D eigenvalue weighted by Crippen LogP contribution is 2.34. The zero-order valence-electron chi connectivity index (χ0n) is 17.6. The second-order valence-corrected chi connectivity index (χ2v) is 8.62. The van der Waals surface area contributed by atoms with E-state index in [0.29, 0.717) is 33.7 Å². The molecule has 2 aromatic heterocycles. The van der Waals surface area contributed by atoms with Crippen LogP contribution < -0.4 is 14.6 Å². The van der Waals surface area contributed by atoms with Gasteiger partial charge in [-0.1, -0.05) is 6.07 Å². The first-order valence-electron chi connectivity index (χ1n) is 9.57. The molecule has 0 spiro atoms. The lowest BCUT2D eigenvalue weighted by Crippen LogP contribution is -2.18. The second-order valence-electron chi connectivity index (χ2n) is 7.09. The smallest absolute Gasteiger partial charge is 0.271 e. The van der Waals surface area contributed by atoms with Gasteiger partial charge in [-0.05, 0) is 29.3 Å². The Labute approximate surface area is 188 Å². The van der Waals surface area contributed by atoms with Crippen molar-refractivity contribution in [3.63, 3.8) is 0 Å². The molecule has 2 heterocycles. The summed E-state index contributed by atoms with van der Waals surface area (Å²) in [6.07, 6.45) is 3.21. The van der Waals surface area contributed by atoms with E-state index in [2.05, 4.69) is 10.1 Å². The summed E-state index contributed by atoms with van der Waals surface area (Å²) in [6, 6.07) is 10.7. The molecule has 0 saturated carbocycles. The van der Waals surface area contributed by atoms with Crippen molar-refractivity contribution in [3.8, 4) is 17.2 Å². The summed E-state index contributed by atoms with van der Waals surface area (Å²) in [5.74, 6) is 1.03. The van der Waals surface area contributed by atoms with Gasteiger partial charge in [-0.3, -0.25) is 15.1 Å². The summed E-state index contributed by atoms with van der Waals surface area (Å²) in [7, 11) is -1.36. The number of benzene rings is 2. The van der Waals surface area contributed by atoms with Gasteiger partial charge in [0.15, 0.2) is 0 Å². The molecule has 33 heavy (non-hydrogen) atoms. The van der Waals surface area contributed by atoms with Crippen molar-refractivity contribution in [2.75, 3.05) is 14.2 Å². The van der Waals surface area contributed by atoms with Crippen molar-refractivity contribution in [2.45, 2.75) is 11.3 Å². The number of hydrogen-bond acceptors (Lipinski definition) is 8. The molecule has 12 heteroatoms. The SMILES string of the molecule is COc1ccc(Cc2cc([N+](=O)[O-])cc(S(N)(=O)=O)c2-n2cc3ncccc3n2)c(OC)c1. The molecule has 0 aliphatic rings. The molecule has 0 aliphatic heterocycles. The quantitative estimate of drug-likeness (QED) is 0.320. The van der Waals surface area contributed by atoms with E-state index < -0.39 is 25.5 Å². The molecule has 0 fully saturated rings. The highest BCUT2D eigenvalue weighted by molar-refractivity contribution is 7.89. The van der Waals surface area contributed by atoms with Crippen molar-refractivity contribution in [3.05, 3.63) is 76.1 Å². The molecular formula is C21H19N5O6S. The minimum Gasteiger partial charge on any atom is -0.497 e. The highest BCUT2D eigenvalue weighted by Gasteiger charge is 2.26. The number of pyridine rings is 1. The summed E-state index contributed by atoms with van der Waals surface area (Å²) >= 11 is 0. The van der Waals surface area contributed by atoms with Gasteiger partial charge in [0.05, 0.1) is 31.0 Å². The first kappa shape index (κ1) is 22.2. The predicted molar refractivity (Wildman–Crippen MR) is 119 cm³/mol. The Morgan fingerprint density at radius 2 is 1.88 bits per heavy atom. The number of sulfonamides is 1. The Hall–Kier alpha value is -4.03. The molecule has 0 radical (unpaired) electrons. The maximum absolute atomic E-state index is 12.5. The number of rotatable bonds is 7. The van der Waals surface area contributed by atoms with Gasteiger partial charge >= 0.3 is 0 Å². The van der Waals surface area contributed by atoms with Crippen molar-refractivity contribution < 1.29 is 22.8 Å². The Kier molecular flexibility index (Phi) is 5.70. The minimum atomic E-state index is -4.35. The van der Waals surface area contributed by atoms with Gasteiger partial charge in [-0.25, -0.2) is 18.2 Å². The maximum Gasteiger partial charge on any atom is 0.271 e. The molecule has 0 saturated heterocycles. The van der Waals surface area contributed by atoms with Gasteiger partial charge in [-0.15, -0.1) is 0 Å². The van der Waals surface area contributed by atoms with Gasteiger partial charge in [0.2, 0.25) is 10.0 Å². The molecular weight excluding hydrogens is 450 g/mol. The standard InChI is InChI=1S/C21H19N5O6S/c1-31-16-6-5-13(19(11-16)32-2)8-14-9-15(26(27)28)10-20(33(22,29)30)21(14)25-12-18-17(24-25)4-3-7-23-18/h3-7,9-12H,8H2,1-2H3,(H2,22,29,30). The monoisotopic (exact) mass is 469 g/mol. The van der Waals surface area contributed by atoms with Crippen molar-refractivity contribution in [1.29, 1.82) is 0 Å². The van der Waals surface area contributed by atoms with Crippen molar-refractivity contribution in [2.24, 2.45) is 5.14 Å². The molecule has 0 aliphatic carbocycles. The molecule has 2 N–H and O–H groups in total. The molecule has 11 nitrogen and oxygen atoms in total. The Morgan fingerprint density at radius 3 is 2.52 bits per heavy atom. The number of hydrogen-bond donors (Lipinski definition) is 1. The molecule has 0 unspecified atom stereocenters. The van der Waals surface area contributed by atoms with Crippen LogP contribution in [0.1, 0.15) is 11.1 Å². The number of fused-ring (bicyclic) bond motifs is 1. The first-order chi connectivity index (χ1) is 15.7. The van der Waals surface area contributed by atoms with Crippen LogP contribution in [0.15, 0.2) is 59.8 Å². The summed E-state index contributed by atoms with van der Waals surface area (Å²) in [4.78, 5) is 14.7. The van der Waals surface area contributed by atoms with Gasteiger partial charge in [0, 0.05) is 30.8 Å². The maximum atomic E-state index is 12.5. The van der Waals surface area contributed by atoms with E-state index in [1.165, 1.54) is 25.0 Å². The van der Waals surface area contributed by atoms with Crippen LogP contribution in [0.25, 0.3) is 16.7 Å². The lowest BCUT2D eigenvalue weighted by atomic mass is 10.0. The van der Waals surface area contributed by atoms with E-state index in [0.717, 1.165) is 6.07 Å². The average Bonchev–Trinajstić information content (AvgIpc) is 3.22. The third kappa shape index (κ3) is 4.33. The van der Waals surface area contributed by atoms with E-state index in [4.69, 9.17) is 14.6 Å². The Bertz CT molecular complexity index is 1450. The largest absolute Gasteiger partial charge is 0.497 e. The topological polar surface area (TPSA) is 152 Å². The number of nitrogens with two attached hydrogens (primary N) is 1. The molecule has 4 aromatic rings. The molecule has 2 aromatic carbocycles. The fourth-order valence-electron chi connectivity index (χ4n) is 3.54. The number of nitro benzene ring substituents is 1. The van der Waals surface area contributed by atoms with E-state index in [1.54, 1.807) is 42.7 Å². The summed E-state index contributed by atoms with van der Waals surface area (Å²) in [6.45, 7) is 0. The predicted octanol–water partition coefficient (Wildman–Crippen LogP) is 2.58. The Morgan fingerprint density at radius 1 is 1.09 bits per heavy atom. The molecule has 0 bridgehead atoms. The molecule has 170 valence electrons. The van der Waals surface area contributed by atoms with E-state index in [-0.39, 0.29) is 12.1 Å². The van der Waals surface area contributed by atoms with E-state index in [1.807, 2.05) is 0 Å². The number of methoxy groups -OCH3 is 2. The molecule has 0 amide bonds. The number of nitrogens with zero attached hydrogens (tertiary/aromatic N) is 4. The third-order valence-electron chi connectivity index (χ3n) is 5.04. The number of ether oxygens (including phenoxy) is 2. The van der Waals surface area contributed by atoms with Crippen LogP contribution >= 0.6 is 0 Å². The second kappa shape index (κ2) is 8.48. The zero-order valence-corrected chi connectivity index (χ0v) is 18.4. The van der Waals surface area contributed by atoms with Gasteiger partial charge in [-0.2, -0.15) is 5.10 Å². The molecule has 0 atom stereocenters. The summed E-state index contributed by atoms with van der Waals surface area (Å²) < 4.78 is 37.0.